The van der Waals surface area contributed by atoms with Crippen molar-refractivity contribution < 1.29 is 0 Å². The van der Waals surface area contributed by atoms with Gasteiger partial charge in [-0.1, -0.05) is 33.6 Å². The summed E-state index contributed by atoms with van der Waals surface area (Å²) in [4.78, 5) is 2.47. The van der Waals surface area contributed by atoms with Crippen molar-refractivity contribution in [2.45, 2.75) is 31.3 Å². The third-order valence-electron chi connectivity index (χ3n) is 4.30. The maximum absolute atomic E-state index is 6.05. The predicted octanol–water partition coefficient (Wildman–Crippen LogP) is 3.85. The summed E-state index contributed by atoms with van der Waals surface area (Å²) in [6.45, 7) is 2.31. The molecule has 1 N–H and O–H groups in total. The number of hydrogen-bond donors (Lipinski definition) is 1. The molecular formula is C15H20BrClN2. The van der Waals surface area contributed by atoms with E-state index >= 15 is 0 Å². The molecule has 1 aromatic rings. The molecule has 4 heteroatoms. The van der Waals surface area contributed by atoms with Crippen LogP contribution in [0, 0.1) is 5.92 Å². The zero-order chi connectivity index (χ0) is 13.4. The average Bonchev–Trinajstić information content (AvgIpc) is 3.12. The fourth-order valence-electron chi connectivity index (χ4n) is 3.08. The molecule has 2 unspecified atom stereocenters. The molecule has 1 saturated heterocycles. The van der Waals surface area contributed by atoms with Gasteiger partial charge < -0.3 is 5.32 Å². The number of likely N-dealkylation sites (tertiary alicyclic amines) is 1. The van der Waals surface area contributed by atoms with Crippen LogP contribution >= 0.6 is 27.5 Å². The molecule has 1 aromatic carbocycles. The quantitative estimate of drug-likeness (QED) is 0.893. The van der Waals surface area contributed by atoms with Gasteiger partial charge in [-0.3, -0.25) is 4.90 Å². The molecule has 0 aromatic heterocycles. The van der Waals surface area contributed by atoms with Gasteiger partial charge in [0.05, 0.1) is 0 Å². The third-order valence-corrected chi connectivity index (χ3v) is 5.22. The highest BCUT2D eigenvalue weighted by Crippen LogP contribution is 2.40. The zero-order valence-electron chi connectivity index (χ0n) is 11.2. The minimum absolute atomic E-state index is 0.498. The Morgan fingerprint density at radius 2 is 2.16 bits per heavy atom. The van der Waals surface area contributed by atoms with E-state index in [0.717, 1.165) is 22.1 Å². The van der Waals surface area contributed by atoms with E-state index in [0.29, 0.717) is 12.0 Å². The summed E-state index contributed by atoms with van der Waals surface area (Å²) >= 11 is 9.72. The maximum Gasteiger partial charge on any atom is 0.0417 e. The lowest BCUT2D eigenvalue weighted by molar-refractivity contribution is 0.271. The van der Waals surface area contributed by atoms with Gasteiger partial charge in [0, 0.05) is 28.1 Å². The summed E-state index contributed by atoms with van der Waals surface area (Å²) in [6, 6.07) is 7.47. The molecule has 0 radical (unpaired) electrons. The Hall–Kier alpha value is -0.0900. The lowest BCUT2D eigenvalue weighted by atomic mass is 9.93. The van der Waals surface area contributed by atoms with E-state index in [1.54, 1.807) is 0 Å². The predicted molar refractivity (Wildman–Crippen MR) is 83.7 cm³/mol. The Morgan fingerprint density at radius 1 is 1.37 bits per heavy atom. The van der Waals surface area contributed by atoms with Gasteiger partial charge in [0.25, 0.3) is 0 Å². The van der Waals surface area contributed by atoms with Crippen LogP contribution in [-0.2, 0) is 0 Å². The van der Waals surface area contributed by atoms with Crippen molar-refractivity contribution in [3.05, 3.63) is 33.3 Å². The molecule has 3 rings (SSSR count). The summed E-state index contributed by atoms with van der Waals surface area (Å²) in [5.41, 5.74) is 1.37. The first-order valence-electron chi connectivity index (χ1n) is 7.03. The molecule has 2 fully saturated rings. The van der Waals surface area contributed by atoms with Crippen LogP contribution in [0.15, 0.2) is 22.7 Å². The molecule has 1 heterocycles. The van der Waals surface area contributed by atoms with E-state index in [9.17, 15) is 0 Å². The average molecular weight is 344 g/mol. The van der Waals surface area contributed by atoms with Crippen molar-refractivity contribution in [2.75, 3.05) is 20.1 Å². The number of halogens is 2. The Bertz CT molecular complexity index is 461. The Kier molecular flexibility index (Phi) is 4.18. The van der Waals surface area contributed by atoms with Crippen molar-refractivity contribution in [3.8, 4) is 0 Å². The number of rotatable bonds is 4. The fraction of sp³-hybridized carbons (Fsp3) is 0.600. The van der Waals surface area contributed by atoms with Crippen LogP contribution in [0.4, 0.5) is 0 Å². The van der Waals surface area contributed by atoms with E-state index < -0.39 is 0 Å². The maximum atomic E-state index is 6.05. The van der Waals surface area contributed by atoms with E-state index in [2.05, 4.69) is 39.3 Å². The minimum Gasteiger partial charge on any atom is -0.314 e. The second-order valence-corrected chi connectivity index (χ2v) is 7.11. The van der Waals surface area contributed by atoms with Crippen molar-refractivity contribution in [1.82, 2.24) is 10.2 Å². The number of benzene rings is 1. The first-order chi connectivity index (χ1) is 9.15. The van der Waals surface area contributed by atoms with Gasteiger partial charge >= 0.3 is 0 Å². The molecule has 104 valence electrons. The molecule has 0 spiro atoms. The lowest BCUT2D eigenvalue weighted by Crippen LogP contribution is -2.29. The Balaban J connectivity index is 1.77. The Labute approximate surface area is 128 Å². The fourth-order valence-corrected chi connectivity index (χ4v) is 4.00. The Morgan fingerprint density at radius 3 is 2.84 bits per heavy atom. The molecule has 1 aliphatic heterocycles. The van der Waals surface area contributed by atoms with E-state index in [1.807, 2.05) is 12.1 Å². The standard InChI is InChI=1S/C15H20BrClN2/c1-19-7-6-10(9-18-12-3-4-12)15(19)13-5-2-11(17)8-14(13)16/h2,5,8,10,12,15,18H,3-4,6-7,9H2,1H3. The van der Waals surface area contributed by atoms with Gasteiger partial charge in [0.2, 0.25) is 0 Å². The third kappa shape index (κ3) is 3.15. The first-order valence-corrected chi connectivity index (χ1v) is 8.21. The van der Waals surface area contributed by atoms with Crippen molar-refractivity contribution in [1.29, 1.82) is 0 Å². The van der Waals surface area contributed by atoms with Gasteiger partial charge in [-0.15, -0.1) is 0 Å². The van der Waals surface area contributed by atoms with Gasteiger partial charge in [0.1, 0.15) is 0 Å². The van der Waals surface area contributed by atoms with Crippen molar-refractivity contribution >= 4 is 27.5 Å². The molecule has 2 atom stereocenters. The number of hydrogen-bond acceptors (Lipinski definition) is 2. The van der Waals surface area contributed by atoms with Gasteiger partial charge in [0.15, 0.2) is 0 Å². The second-order valence-electron chi connectivity index (χ2n) is 5.82. The van der Waals surface area contributed by atoms with Crippen LogP contribution in [-0.4, -0.2) is 31.1 Å². The summed E-state index contributed by atoms with van der Waals surface area (Å²) < 4.78 is 1.13. The number of nitrogens with zero attached hydrogens (tertiary/aromatic N) is 1. The van der Waals surface area contributed by atoms with Crippen LogP contribution in [0.1, 0.15) is 30.9 Å². The smallest absolute Gasteiger partial charge is 0.0417 e. The van der Waals surface area contributed by atoms with Crippen LogP contribution < -0.4 is 5.32 Å². The van der Waals surface area contributed by atoms with Crippen LogP contribution in [0.2, 0.25) is 5.02 Å². The van der Waals surface area contributed by atoms with E-state index in [-0.39, 0.29) is 0 Å². The normalized spacial score (nSPS) is 27.9. The van der Waals surface area contributed by atoms with Crippen LogP contribution in [0.3, 0.4) is 0 Å². The molecule has 1 aliphatic carbocycles. The molecular weight excluding hydrogens is 324 g/mol. The molecule has 2 nitrogen and oxygen atoms in total. The molecule has 19 heavy (non-hydrogen) atoms. The van der Waals surface area contributed by atoms with Crippen LogP contribution in [0.25, 0.3) is 0 Å². The summed E-state index contributed by atoms with van der Waals surface area (Å²) in [5, 5.41) is 4.48. The summed E-state index contributed by atoms with van der Waals surface area (Å²) in [6.07, 6.45) is 3.99. The topological polar surface area (TPSA) is 15.3 Å². The second kappa shape index (κ2) is 5.72. The van der Waals surface area contributed by atoms with E-state index in [1.165, 1.54) is 31.4 Å². The lowest BCUT2D eigenvalue weighted by Gasteiger charge is -2.27. The summed E-state index contributed by atoms with van der Waals surface area (Å²) in [5.74, 6) is 0.697. The highest BCUT2D eigenvalue weighted by atomic mass is 79.9. The van der Waals surface area contributed by atoms with Gasteiger partial charge in [-0.25, -0.2) is 0 Å². The van der Waals surface area contributed by atoms with Gasteiger partial charge in [-0.05, 0) is 56.5 Å². The molecule has 1 saturated carbocycles. The number of nitrogens with one attached hydrogen (secondary N) is 1. The van der Waals surface area contributed by atoms with Crippen molar-refractivity contribution in [2.24, 2.45) is 5.92 Å². The molecule has 2 aliphatic rings. The monoisotopic (exact) mass is 342 g/mol. The SMILES string of the molecule is CN1CCC(CNC2CC2)C1c1ccc(Cl)cc1Br. The van der Waals surface area contributed by atoms with Gasteiger partial charge in [-0.2, -0.15) is 0 Å². The largest absolute Gasteiger partial charge is 0.314 e. The zero-order valence-corrected chi connectivity index (χ0v) is 13.5. The molecule has 0 amide bonds. The first kappa shape index (κ1) is 13.9. The van der Waals surface area contributed by atoms with E-state index in [4.69, 9.17) is 11.6 Å². The molecule has 0 bridgehead atoms. The highest BCUT2D eigenvalue weighted by molar-refractivity contribution is 9.10. The summed E-state index contributed by atoms with van der Waals surface area (Å²) in [7, 11) is 2.23. The van der Waals surface area contributed by atoms with Crippen molar-refractivity contribution in [3.63, 3.8) is 0 Å². The van der Waals surface area contributed by atoms with Crippen LogP contribution in [0.5, 0.6) is 0 Å². The highest BCUT2D eigenvalue weighted by Gasteiger charge is 2.35. The minimum atomic E-state index is 0.498.